The highest BCUT2D eigenvalue weighted by Crippen LogP contribution is 2.36. The number of rotatable bonds is 3. The van der Waals surface area contributed by atoms with Gasteiger partial charge < -0.3 is 0 Å². The molecular formula is C14H13Cl2NO3S. The Hall–Kier alpha value is -0.850. The van der Waals surface area contributed by atoms with E-state index in [0.717, 1.165) is 12.8 Å². The zero-order valence-corrected chi connectivity index (χ0v) is 13.4. The number of hydrogen-bond donors (Lipinski definition) is 0. The van der Waals surface area contributed by atoms with Crippen LogP contribution in [0.1, 0.15) is 12.8 Å². The number of hydrogen-bond acceptors (Lipinski definition) is 4. The Balaban J connectivity index is 2.09. The minimum absolute atomic E-state index is 0.0974. The Bertz CT molecular complexity index is 786. The second-order valence-electron chi connectivity index (χ2n) is 4.88. The van der Waals surface area contributed by atoms with Gasteiger partial charge in [-0.25, -0.2) is 0 Å². The molecule has 21 heavy (non-hydrogen) atoms. The van der Waals surface area contributed by atoms with Crippen LogP contribution in [-0.2, 0) is 14.4 Å². The molecule has 1 fully saturated rings. The fraction of sp³-hybridized carbons (Fsp3) is 0.286. The third kappa shape index (κ3) is 2.89. The van der Waals surface area contributed by atoms with Crippen LogP contribution in [0.5, 0.6) is 0 Å². The van der Waals surface area contributed by atoms with Gasteiger partial charge in [-0.1, -0.05) is 47.5 Å². The van der Waals surface area contributed by atoms with Crippen molar-refractivity contribution in [1.29, 1.82) is 0 Å². The summed E-state index contributed by atoms with van der Waals surface area (Å²) in [7, 11) is -3.98. The maximum absolute atomic E-state index is 12.4. The molecule has 1 aliphatic heterocycles. The Morgan fingerprint density at radius 3 is 2.33 bits per heavy atom. The molecule has 3 rings (SSSR count). The number of nitrogens with zero attached hydrogens (tertiary/aromatic N) is 1. The molecule has 2 aromatic rings. The highest BCUT2D eigenvalue weighted by Gasteiger charge is 2.27. The molecule has 0 amide bonds. The summed E-state index contributed by atoms with van der Waals surface area (Å²) in [6.45, 7) is 1.19. The van der Waals surface area contributed by atoms with Gasteiger partial charge in [-0.05, 0) is 18.9 Å². The van der Waals surface area contributed by atoms with Gasteiger partial charge in [-0.2, -0.15) is 17.8 Å². The number of halogens is 2. The molecule has 0 bridgehead atoms. The lowest BCUT2D eigenvalue weighted by Crippen LogP contribution is -2.24. The highest BCUT2D eigenvalue weighted by atomic mass is 35.5. The normalized spacial score (nSPS) is 16.7. The molecule has 4 nitrogen and oxygen atoms in total. The van der Waals surface area contributed by atoms with Gasteiger partial charge in [0.25, 0.3) is 0 Å². The average Bonchev–Trinajstić information content (AvgIpc) is 2.95. The van der Waals surface area contributed by atoms with Gasteiger partial charge in [-0.3, -0.25) is 0 Å². The number of hydroxylamine groups is 2. The first kappa shape index (κ1) is 15.1. The van der Waals surface area contributed by atoms with E-state index in [9.17, 15) is 8.42 Å². The first-order valence-electron chi connectivity index (χ1n) is 6.55. The molecule has 0 unspecified atom stereocenters. The van der Waals surface area contributed by atoms with E-state index in [1.165, 1.54) is 11.1 Å². The lowest BCUT2D eigenvalue weighted by atomic mass is 10.1. The summed E-state index contributed by atoms with van der Waals surface area (Å²) in [6.07, 6.45) is 1.84. The Labute approximate surface area is 133 Å². The van der Waals surface area contributed by atoms with Gasteiger partial charge >= 0.3 is 10.1 Å². The maximum atomic E-state index is 12.4. The molecule has 1 heterocycles. The van der Waals surface area contributed by atoms with E-state index in [1.54, 1.807) is 18.2 Å². The summed E-state index contributed by atoms with van der Waals surface area (Å²) in [5.41, 5.74) is 0. The van der Waals surface area contributed by atoms with Crippen molar-refractivity contribution in [3.05, 3.63) is 40.4 Å². The summed E-state index contributed by atoms with van der Waals surface area (Å²) >= 11 is 12.4. The second kappa shape index (κ2) is 5.74. The lowest BCUT2D eigenvalue weighted by molar-refractivity contribution is -0.0269. The van der Waals surface area contributed by atoms with E-state index in [1.807, 2.05) is 6.07 Å². The standard InChI is InChI=1S/C14H13Cl2NO3S/c15-12-9-13(14(16)11-6-2-1-5-10(11)12)21(18,19)20-17-7-3-4-8-17/h1-2,5-6,9H,3-4,7-8H2. The molecule has 112 valence electrons. The zero-order chi connectivity index (χ0) is 15.0. The minimum atomic E-state index is -3.98. The fourth-order valence-electron chi connectivity index (χ4n) is 2.40. The van der Waals surface area contributed by atoms with Crippen molar-refractivity contribution >= 4 is 44.1 Å². The SMILES string of the molecule is O=S(=O)(ON1CCCC1)c1cc(Cl)c2ccccc2c1Cl. The fourth-order valence-corrected chi connectivity index (χ4v) is 4.34. The summed E-state index contributed by atoms with van der Waals surface area (Å²) < 4.78 is 29.9. The van der Waals surface area contributed by atoms with Crippen molar-refractivity contribution in [2.45, 2.75) is 17.7 Å². The van der Waals surface area contributed by atoms with E-state index in [4.69, 9.17) is 27.5 Å². The van der Waals surface area contributed by atoms with Crippen LogP contribution < -0.4 is 0 Å². The van der Waals surface area contributed by atoms with Crippen molar-refractivity contribution < 1.29 is 12.7 Å². The second-order valence-corrected chi connectivity index (χ2v) is 7.16. The van der Waals surface area contributed by atoms with Crippen LogP contribution in [0.15, 0.2) is 35.2 Å². The predicted molar refractivity (Wildman–Crippen MR) is 83.0 cm³/mol. The number of fused-ring (bicyclic) bond motifs is 1. The van der Waals surface area contributed by atoms with E-state index < -0.39 is 10.1 Å². The summed E-state index contributed by atoms with van der Waals surface area (Å²) in [5.74, 6) is 0. The van der Waals surface area contributed by atoms with Crippen LogP contribution in [-0.4, -0.2) is 26.6 Å². The largest absolute Gasteiger partial charge is 0.314 e. The maximum Gasteiger partial charge on any atom is 0.314 e. The van der Waals surface area contributed by atoms with Crippen molar-refractivity contribution in [2.75, 3.05) is 13.1 Å². The molecular weight excluding hydrogens is 333 g/mol. The van der Waals surface area contributed by atoms with Crippen LogP contribution in [0.4, 0.5) is 0 Å². The van der Waals surface area contributed by atoms with Gasteiger partial charge in [0, 0.05) is 28.9 Å². The van der Waals surface area contributed by atoms with Crippen LogP contribution >= 0.6 is 23.2 Å². The summed E-state index contributed by atoms with van der Waals surface area (Å²) in [4.78, 5) is -0.0974. The van der Waals surface area contributed by atoms with Gasteiger partial charge in [0.2, 0.25) is 0 Å². The Morgan fingerprint density at radius 2 is 1.67 bits per heavy atom. The van der Waals surface area contributed by atoms with E-state index in [0.29, 0.717) is 28.9 Å². The average molecular weight is 346 g/mol. The number of benzene rings is 2. The lowest BCUT2D eigenvalue weighted by Gasteiger charge is -2.16. The third-order valence-corrected chi connectivity index (χ3v) is 5.53. The Morgan fingerprint density at radius 1 is 1.05 bits per heavy atom. The van der Waals surface area contributed by atoms with Crippen LogP contribution in [0.2, 0.25) is 10.0 Å². The summed E-state index contributed by atoms with van der Waals surface area (Å²) in [6, 6.07) is 8.47. The molecule has 1 aliphatic rings. The molecule has 0 N–H and O–H groups in total. The first-order chi connectivity index (χ1) is 9.99. The van der Waals surface area contributed by atoms with E-state index >= 15 is 0 Å². The molecule has 0 aromatic heterocycles. The molecule has 0 saturated carbocycles. The predicted octanol–water partition coefficient (Wildman–Crippen LogP) is 3.86. The van der Waals surface area contributed by atoms with Crippen molar-refractivity contribution in [3.8, 4) is 0 Å². The smallest absolute Gasteiger partial charge is 0.192 e. The first-order valence-corrected chi connectivity index (χ1v) is 8.72. The van der Waals surface area contributed by atoms with Crippen LogP contribution in [0.3, 0.4) is 0 Å². The van der Waals surface area contributed by atoms with E-state index in [2.05, 4.69) is 0 Å². The molecule has 0 radical (unpaired) electrons. The van der Waals surface area contributed by atoms with Crippen LogP contribution in [0.25, 0.3) is 10.8 Å². The van der Waals surface area contributed by atoms with Crippen molar-refractivity contribution in [1.82, 2.24) is 5.06 Å². The van der Waals surface area contributed by atoms with E-state index in [-0.39, 0.29) is 9.92 Å². The van der Waals surface area contributed by atoms with Crippen LogP contribution in [0, 0.1) is 0 Å². The third-order valence-electron chi connectivity index (χ3n) is 3.43. The Kier molecular flexibility index (Phi) is 4.12. The topological polar surface area (TPSA) is 46.6 Å². The van der Waals surface area contributed by atoms with Crippen molar-refractivity contribution in [3.63, 3.8) is 0 Å². The summed E-state index contributed by atoms with van der Waals surface area (Å²) in [5, 5.41) is 3.21. The highest BCUT2D eigenvalue weighted by molar-refractivity contribution is 7.86. The van der Waals surface area contributed by atoms with Gasteiger partial charge in [-0.15, -0.1) is 0 Å². The van der Waals surface area contributed by atoms with Crippen molar-refractivity contribution in [2.24, 2.45) is 0 Å². The monoisotopic (exact) mass is 345 g/mol. The van der Waals surface area contributed by atoms with Gasteiger partial charge in [0.15, 0.2) is 0 Å². The minimum Gasteiger partial charge on any atom is -0.192 e. The van der Waals surface area contributed by atoms with Gasteiger partial charge in [0.1, 0.15) is 4.90 Å². The molecule has 1 saturated heterocycles. The molecule has 2 aromatic carbocycles. The molecule has 0 atom stereocenters. The zero-order valence-electron chi connectivity index (χ0n) is 11.1. The quantitative estimate of drug-likeness (QED) is 0.847. The molecule has 7 heteroatoms. The molecule has 0 spiro atoms. The van der Waals surface area contributed by atoms with Gasteiger partial charge in [0.05, 0.1) is 5.02 Å². The molecule has 0 aliphatic carbocycles.